The molecule has 0 heterocycles. The molecule has 0 amide bonds. The van der Waals surface area contributed by atoms with E-state index in [9.17, 15) is 9.18 Å². The first-order chi connectivity index (χ1) is 4.17. The minimum atomic E-state index is -0.818. The molecule has 2 aliphatic rings. The van der Waals surface area contributed by atoms with Gasteiger partial charge in [0.2, 0.25) is 0 Å². The van der Waals surface area contributed by atoms with Gasteiger partial charge in [0.15, 0.2) is 0 Å². The van der Waals surface area contributed by atoms with Crippen LogP contribution in [-0.2, 0) is 4.79 Å². The zero-order chi connectivity index (χ0) is 6.65. The van der Waals surface area contributed by atoms with Gasteiger partial charge in [-0.05, 0) is 12.8 Å². The summed E-state index contributed by atoms with van der Waals surface area (Å²) in [5.74, 6) is -0.934. The summed E-state index contributed by atoms with van der Waals surface area (Å²) in [4.78, 5) is 10.3. The average Bonchev–Trinajstić information content (AvgIpc) is 2.36. The molecule has 2 aliphatic carbocycles. The second-order valence-electron chi connectivity index (χ2n) is 2.99. The van der Waals surface area contributed by atoms with Gasteiger partial charge in [-0.15, -0.1) is 0 Å². The van der Waals surface area contributed by atoms with E-state index in [1.54, 1.807) is 0 Å². The van der Waals surface area contributed by atoms with E-state index in [-0.39, 0.29) is 12.3 Å². The molecular weight excluding hydrogens is 123 g/mol. The van der Waals surface area contributed by atoms with Crippen LogP contribution in [0, 0.1) is 11.3 Å². The monoisotopic (exact) mass is 130 g/mol. The number of carboxylic acid groups (broad SMARTS) is 1. The largest absolute Gasteiger partial charge is 0.481 e. The highest BCUT2D eigenvalue weighted by Crippen LogP contribution is 2.68. The molecule has 2 nitrogen and oxygen atoms in total. The third-order valence-corrected chi connectivity index (χ3v) is 2.56. The summed E-state index contributed by atoms with van der Waals surface area (Å²) in [5, 5.41) is 8.49. The first-order valence-electron chi connectivity index (χ1n) is 3.04. The number of alkyl halides is 1. The van der Waals surface area contributed by atoms with Crippen molar-refractivity contribution in [2.24, 2.45) is 11.3 Å². The van der Waals surface area contributed by atoms with Crippen LogP contribution >= 0.6 is 0 Å². The minimum Gasteiger partial charge on any atom is -0.481 e. The lowest BCUT2D eigenvalue weighted by Crippen LogP contribution is -2.33. The van der Waals surface area contributed by atoms with Crippen LogP contribution in [-0.4, -0.2) is 17.2 Å². The van der Waals surface area contributed by atoms with Crippen LogP contribution in [0.25, 0.3) is 0 Å². The standard InChI is InChI=1S/C6H7FO2/c7-4-2-6(5(8)9)1-3(4)6/h3-4H,1-2H2,(H,8,9). The summed E-state index contributed by atoms with van der Waals surface area (Å²) in [6, 6.07) is 0. The van der Waals surface area contributed by atoms with E-state index in [1.807, 2.05) is 0 Å². The summed E-state index contributed by atoms with van der Waals surface area (Å²) in [5.41, 5.74) is -0.598. The fourth-order valence-corrected chi connectivity index (χ4v) is 1.71. The molecule has 50 valence electrons. The highest BCUT2D eigenvalue weighted by atomic mass is 19.1. The lowest BCUT2D eigenvalue weighted by Gasteiger charge is -2.24. The van der Waals surface area contributed by atoms with Crippen molar-refractivity contribution in [2.75, 3.05) is 0 Å². The normalized spacial score (nSPS) is 53.4. The Morgan fingerprint density at radius 1 is 1.67 bits per heavy atom. The van der Waals surface area contributed by atoms with Crippen LogP contribution in [0.1, 0.15) is 12.8 Å². The molecule has 2 saturated carbocycles. The van der Waals surface area contributed by atoms with E-state index in [1.165, 1.54) is 0 Å². The predicted octanol–water partition coefficient (Wildman–Crippen LogP) is 0.819. The third-order valence-electron chi connectivity index (χ3n) is 2.56. The van der Waals surface area contributed by atoms with E-state index in [4.69, 9.17) is 5.11 Å². The molecule has 3 atom stereocenters. The molecule has 0 saturated heterocycles. The van der Waals surface area contributed by atoms with E-state index < -0.39 is 17.6 Å². The van der Waals surface area contributed by atoms with Gasteiger partial charge >= 0.3 is 5.97 Å². The van der Waals surface area contributed by atoms with Crippen molar-refractivity contribution in [3.05, 3.63) is 0 Å². The molecule has 0 aromatic carbocycles. The van der Waals surface area contributed by atoms with Gasteiger partial charge in [-0.1, -0.05) is 0 Å². The number of carbonyl (C=O) groups is 1. The van der Waals surface area contributed by atoms with Crippen molar-refractivity contribution in [2.45, 2.75) is 19.0 Å². The Labute approximate surface area is 51.7 Å². The number of rotatable bonds is 1. The van der Waals surface area contributed by atoms with Gasteiger partial charge in [0, 0.05) is 5.92 Å². The highest BCUT2D eigenvalue weighted by Gasteiger charge is 2.72. The number of carboxylic acids is 1. The first kappa shape index (κ1) is 5.21. The summed E-state index contributed by atoms with van der Waals surface area (Å²) in [6.45, 7) is 0. The van der Waals surface area contributed by atoms with Gasteiger partial charge in [-0.2, -0.15) is 0 Å². The lowest BCUT2D eigenvalue weighted by atomic mass is 9.83. The molecule has 9 heavy (non-hydrogen) atoms. The Morgan fingerprint density at radius 2 is 2.33 bits per heavy atom. The van der Waals surface area contributed by atoms with Gasteiger partial charge < -0.3 is 5.11 Å². The molecule has 0 aliphatic heterocycles. The van der Waals surface area contributed by atoms with Gasteiger partial charge in [0.05, 0.1) is 5.41 Å². The Morgan fingerprint density at radius 3 is 2.44 bits per heavy atom. The Kier molecular flexibility index (Phi) is 0.652. The summed E-state index contributed by atoms with van der Waals surface area (Å²) in [7, 11) is 0. The molecule has 3 unspecified atom stereocenters. The molecule has 2 fully saturated rings. The Bertz CT molecular complexity index is 180. The van der Waals surface area contributed by atoms with E-state index in [0.717, 1.165) is 0 Å². The maximum atomic E-state index is 12.3. The molecular formula is C6H7FO2. The molecule has 0 aromatic rings. The Hall–Kier alpha value is -0.600. The van der Waals surface area contributed by atoms with Crippen molar-refractivity contribution in [3.8, 4) is 0 Å². The lowest BCUT2D eigenvalue weighted by molar-refractivity contribution is -0.148. The minimum absolute atomic E-state index is 0.130. The van der Waals surface area contributed by atoms with Crippen LogP contribution in [0.5, 0.6) is 0 Å². The number of halogens is 1. The molecule has 1 N–H and O–H groups in total. The average molecular weight is 130 g/mol. The van der Waals surface area contributed by atoms with Crippen LogP contribution in [0.4, 0.5) is 4.39 Å². The number of fused-ring (bicyclic) bond motifs is 1. The Balaban J connectivity index is 2.12. The smallest absolute Gasteiger partial charge is 0.310 e. The van der Waals surface area contributed by atoms with Crippen LogP contribution < -0.4 is 0 Å². The second kappa shape index (κ2) is 1.13. The fraction of sp³-hybridized carbons (Fsp3) is 0.833. The van der Waals surface area contributed by atoms with Crippen molar-refractivity contribution < 1.29 is 14.3 Å². The van der Waals surface area contributed by atoms with Crippen LogP contribution in [0.15, 0.2) is 0 Å². The quantitative estimate of drug-likeness (QED) is 0.570. The van der Waals surface area contributed by atoms with E-state index in [0.29, 0.717) is 6.42 Å². The predicted molar refractivity (Wildman–Crippen MR) is 27.7 cm³/mol. The van der Waals surface area contributed by atoms with Crippen molar-refractivity contribution >= 4 is 5.97 Å². The molecule has 2 rings (SSSR count). The molecule has 0 radical (unpaired) electrons. The zero-order valence-corrected chi connectivity index (χ0v) is 4.80. The third kappa shape index (κ3) is 0.394. The maximum absolute atomic E-state index is 12.3. The van der Waals surface area contributed by atoms with Crippen LogP contribution in [0.3, 0.4) is 0 Å². The van der Waals surface area contributed by atoms with Gasteiger partial charge in [-0.3, -0.25) is 4.79 Å². The summed E-state index contributed by atoms with van der Waals surface area (Å²) in [6.07, 6.45) is 0.0114. The van der Waals surface area contributed by atoms with Gasteiger partial charge in [0.1, 0.15) is 6.17 Å². The van der Waals surface area contributed by atoms with Crippen molar-refractivity contribution in [1.29, 1.82) is 0 Å². The van der Waals surface area contributed by atoms with Crippen molar-refractivity contribution in [1.82, 2.24) is 0 Å². The molecule has 0 spiro atoms. The number of hydrogen-bond acceptors (Lipinski definition) is 1. The van der Waals surface area contributed by atoms with E-state index in [2.05, 4.69) is 0 Å². The number of aliphatic carboxylic acids is 1. The maximum Gasteiger partial charge on any atom is 0.310 e. The first-order valence-corrected chi connectivity index (χ1v) is 3.04. The molecule has 0 aromatic heterocycles. The van der Waals surface area contributed by atoms with Gasteiger partial charge in [0.25, 0.3) is 0 Å². The van der Waals surface area contributed by atoms with Crippen molar-refractivity contribution in [3.63, 3.8) is 0 Å². The second-order valence-corrected chi connectivity index (χ2v) is 2.99. The van der Waals surface area contributed by atoms with Crippen LogP contribution in [0.2, 0.25) is 0 Å². The zero-order valence-electron chi connectivity index (χ0n) is 4.80. The summed E-state index contributed by atoms with van der Waals surface area (Å²) < 4.78 is 12.3. The molecule has 0 bridgehead atoms. The SMILES string of the molecule is O=C(O)C12CC(F)C1C2. The summed E-state index contributed by atoms with van der Waals surface area (Å²) >= 11 is 0. The van der Waals surface area contributed by atoms with E-state index >= 15 is 0 Å². The van der Waals surface area contributed by atoms with Gasteiger partial charge in [-0.25, -0.2) is 4.39 Å². The number of hydrogen-bond donors (Lipinski definition) is 1. The highest BCUT2D eigenvalue weighted by molar-refractivity contribution is 5.80. The molecule has 3 heteroatoms. The fourth-order valence-electron chi connectivity index (χ4n) is 1.71. The topological polar surface area (TPSA) is 37.3 Å².